The van der Waals surface area contributed by atoms with Crippen LogP contribution in [0.5, 0.6) is 5.75 Å². The average molecular weight is 327 g/mol. The zero-order chi connectivity index (χ0) is 15.8. The average Bonchev–Trinajstić information content (AvgIpc) is 2.44. The molecule has 0 spiro atoms. The second-order valence-corrected chi connectivity index (χ2v) is 8.10. The molecule has 0 saturated carbocycles. The molecule has 0 aliphatic rings. The minimum atomic E-state index is -4.94. The normalized spacial score (nSPS) is 16.6. The van der Waals surface area contributed by atoms with Crippen molar-refractivity contribution in [3.8, 4) is 5.75 Å². The van der Waals surface area contributed by atoms with E-state index in [1.807, 2.05) is 19.1 Å². The topological polar surface area (TPSA) is 43.4 Å². The van der Waals surface area contributed by atoms with E-state index in [1.165, 1.54) is 13.2 Å². The van der Waals surface area contributed by atoms with Crippen LogP contribution in [0.3, 0.4) is 0 Å². The van der Waals surface area contributed by atoms with Gasteiger partial charge in [0.1, 0.15) is 0 Å². The van der Waals surface area contributed by atoms with Crippen molar-refractivity contribution < 1.29 is 15.1 Å². The van der Waals surface area contributed by atoms with Crippen molar-refractivity contribution in [3.63, 3.8) is 0 Å². The van der Waals surface area contributed by atoms with Gasteiger partial charge in [-0.2, -0.15) is 0 Å². The van der Waals surface area contributed by atoms with Gasteiger partial charge >= 0.3 is 117 Å². The van der Waals surface area contributed by atoms with Gasteiger partial charge in [-0.3, -0.25) is 0 Å². The van der Waals surface area contributed by atoms with Gasteiger partial charge in [0.05, 0.1) is 0 Å². The first kappa shape index (κ1) is 11.4. The van der Waals surface area contributed by atoms with Gasteiger partial charge in [0, 0.05) is 0 Å². The number of methoxy groups -OCH3 is 1. The number of benzene rings is 2. The molecule has 3 nitrogen and oxygen atoms in total. The van der Waals surface area contributed by atoms with Crippen LogP contribution >= 0.6 is 0 Å². The number of ether oxygens (including phenoxy) is 1. The van der Waals surface area contributed by atoms with E-state index in [-0.39, 0.29) is 4.46 Å². The molecule has 2 rings (SSSR count). The van der Waals surface area contributed by atoms with Gasteiger partial charge in [-0.1, -0.05) is 0 Å². The van der Waals surface area contributed by atoms with Crippen LogP contribution in [0.2, 0.25) is 5.27 Å². The van der Waals surface area contributed by atoms with Crippen LogP contribution in [0, 0.1) is 0 Å². The van der Waals surface area contributed by atoms with E-state index in [9.17, 15) is 7.67 Å². The molecular weight excluding hydrogens is 308 g/mol. The predicted molar refractivity (Wildman–Crippen MR) is 77.1 cm³/mol. The number of aryl methyl sites for hydroxylation is 1. The minimum absolute atomic E-state index is 0.0669. The summed E-state index contributed by atoms with van der Waals surface area (Å²) in [5.41, 5.74) is 1.07. The first-order valence-electron chi connectivity index (χ1n) is 7.06. The summed E-state index contributed by atoms with van der Waals surface area (Å²) in [6, 6.07) is 8.53. The van der Waals surface area contributed by atoms with E-state index in [1.54, 1.807) is 12.1 Å². The van der Waals surface area contributed by atoms with Crippen molar-refractivity contribution in [2.75, 3.05) is 7.11 Å². The first-order valence-corrected chi connectivity index (χ1v) is 9.18. The van der Waals surface area contributed by atoms with E-state index in [0.717, 1.165) is 18.9 Å². The van der Waals surface area contributed by atoms with E-state index in [4.69, 9.17) is 7.48 Å². The molecule has 1 unspecified atom stereocenters. The maximum absolute atomic E-state index is 12.5. The monoisotopic (exact) mass is 328 g/mol. The second kappa shape index (κ2) is 5.32. The summed E-state index contributed by atoms with van der Waals surface area (Å²) in [6.45, 7) is 3.10. The third-order valence-electron chi connectivity index (χ3n) is 3.19. The summed E-state index contributed by atoms with van der Waals surface area (Å²) in [6.07, 6.45) is 0.830. The molecule has 19 heavy (non-hydrogen) atoms. The Hall–Kier alpha value is -1.38. The van der Waals surface area contributed by atoms with Crippen LogP contribution in [0.1, 0.15) is 22.2 Å². The third kappa shape index (κ3) is 2.51. The van der Waals surface area contributed by atoms with Crippen molar-refractivity contribution in [3.05, 3.63) is 35.9 Å². The van der Waals surface area contributed by atoms with Crippen molar-refractivity contribution in [1.29, 1.82) is 0 Å². The zero-order valence-electron chi connectivity index (χ0n) is 13.2. The summed E-state index contributed by atoms with van der Waals surface area (Å²) in [4.78, 5) is 0. The molecule has 0 saturated heterocycles. The maximum atomic E-state index is 12.5. The standard InChI is InChI=1S/C15H18O3Se/c1-4-11-6-7-12-13(10-11)14(18-3)8-9-15(12)19(16,17)5-2/h6-10H,4-5H2,1-3H3/i5+1DH. The van der Waals surface area contributed by atoms with Gasteiger partial charge in [-0.05, 0) is 0 Å². The van der Waals surface area contributed by atoms with Gasteiger partial charge < -0.3 is 0 Å². The Morgan fingerprint density at radius 2 is 2.00 bits per heavy atom. The molecule has 0 amide bonds. The fraction of sp³-hybridized carbons (Fsp3) is 0.333. The Labute approximate surface area is 118 Å². The molecule has 4 heteroatoms. The molecule has 0 bridgehead atoms. The summed E-state index contributed by atoms with van der Waals surface area (Å²) in [5, 5.41) is -1.05. The summed E-state index contributed by atoms with van der Waals surface area (Å²) >= 11 is -4.94. The summed E-state index contributed by atoms with van der Waals surface area (Å²) in [5.74, 6) is 0.591. The van der Waals surface area contributed by atoms with Gasteiger partial charge in [0.15, 0.2) is 0 Å². The third-order valence-corrected chi connectivity index (χ3v) is 6.28. The Bertz CT molecular complexity index is 777. The van der Waals surface area contributed by atoms with Crippen LogP contribution in [0.4, 0.5) is 0 Å². The predicted octanol–water partition coefficient (Wildman–Crippen LogP) is 2.94. The Morgan fingerprint density at radius 3 is 2.58 bits per heavy atom. The molecule has 1 atom stereocenters. The van der Waals surface area contributed by atoms with Crippen LogP contribution in [0.25, 0.3) is 10.8 Å². The van der Waals surface area contributed by atoms with E-state index in [0.29, 0.717) is 16.5 Å². The Morgan fingerprint density at radius 1 is 1.26 bits per heavy atom. The molecule has 0 aromatic heterocycles. The zero-order valence-corrected chi connectivity index (χ0v) is 12.9. The van der Waals surface area contributed by atoms with Crippen molar-refractivity contribution in [1.82, 2.24) is 0 Å². The van der Waals surface area contributed by atoms with Crippen molar-refractivity contribution >= 4 is 27.9 Å². The summed E-state index contributed by atoms with van der Waals surface area (Å²) in [7, 11) is 1.53. The van der Waals surface area contributed by atoms with E-state index in [2.05, 4.69) is 0 Å². The fourth-order valence-corrected chi connectivity index (χ4v) is 4.04. The molecule has 2 aromatic carbocycles. The van der Waals surface area contributed by atoms with Crippen LogP contribution < -0.4 is 9.20 Å². The second-order valence-electron chi connectivity index (χ2n) is 4.21. The van der Waals surface area contributed by atoms with Crippen molar-refractivity contribution in [2.45, 2.75) is 25.5 Å². The molecule has 0 N–H and O–H groups in total. The molecule has 0 aliphatic heterocycles. The van der Waals surface area contributed by atoms with Gasteiger partial charge in [0.2, 0.25) is 0 Å². The Balaban J connectivity index is 2.85. The molecule has 0 radical (unpaired) electrons. The molecule has 0 aliphatic carbocycles. The van der Waals surface area contributed by atoms with Gasteiger partial charge in [0.25, 0.3) is 0 Å². The van der Waals surface area contributed by atoms with Crippen molar-refractivity contribution in [2.24, 2.45) is 0 Å². The van der Waals surface area contributed by atoms with Crippen LogP contribution in [-0.2, 0) is 14.1 Å². The first-order chi connectivity index (χ1) is 9.72. The van der Waals surface area contributed by atoms with Gasteiger partial charge in [-0.15, -0.1) is 0 Å². The Kier molecular flexibility index (Phi) is 3.20. The fourth-order valence-electron chi connectivity index (χ4n) is 2.08. The molecular formula is C15H18O3Se. The molecule has 102 valence electrons. The quantitative estimate of drug-likeness (QED) is 0.641. The van der Waals surface area contributed by atoms with E-state index < -0.39 is 18.0 Å². The van der Waals surface area contributed by atoms with Crippen LogP contribution in [0.15, 0.2) is 30.3 Å². The van der Waals surface area contributed by atoms with Crippen LogP contribution in [-0.4, -0.2) is 19.8 Å². The van der Waals surface area contributed by atoms with Gasteiger partial charge in [-0.25, -0.2) is 0 Å². The number of fused-ring (bicyclic) bond motifs is 1. The summed E-state index contributed by atoms with van der Waals surface area (Å²) < 4.78 is 45.5. The number of hydrogen-bond donors (Lipinski definition) is 0. The SMILES string of the molecule is [1H][13C]([2H])(C)[Se](=O)(=O)c1ccc(OC)c2cc(CC)ccc12. The molecule has 0 fully saturated rings. The number of hydrogen-bond acceptors (Lipinski definition) is 3. The number of rotatable bonds is 4. The van der Waals surface area contributed by atoms with E-state index >= 15 is 0 Å². The molecule has 2 aromatic rings. The molecule has 0 heterocycles.